The van der Waals surface area contributed by atoms with Gasteiger partial charge in [0.05, 0.1) is 6.42 Å². The zero-order chi connectivity index (χ0) is 15.6. The van der Waals surface area contributed by atoms with Gasteiger partial charge >= 0.3 is 5.69 Å². The van der Waals surface area contributed by atoms with Crippen molar-refractivity contribution in [2.45, 2.75) is 20.3 Å². The van der Waals surface area contributed by atoms with Gasteiger partial charge in [-0.15, -0.1) is 0 Å². The second-order valence-corrected chi connectivity index (χ2v) is 4.70. The first-order chi connectivity index (χ1) is 9.86. The van der Waals surface area contributed by atoms with E-state index in [9.17, 15) is 18.8 Å². The zero-order valence-electron chi connectivity index (χ0n) is 11.5. The van der Waals surface area contributed by atoms with E-state index in [2.05, 4.69) is 15.3 Å². The lowest BCUT2D eigenvalue weighted by Crippen LogP contribution is -2.29. The molecular weight excluding hydrogens is 277 g/mol. The number of H-pyrrole nitrogens is 2. The fourth-order valence-corrected chi connectivity index (χ4v) is 1.88. The molecule has 0 saturated heterocycles. The number of benzene rings is 1. The number of amides is 1. The fraction of sp³-hybridized carbons (Fsp3) is 0.214. The fourth-order valence-electron chi connectivity index (χ4n) is 1.88. The number of rotatable bonds is 3. The van der Waals surface area contributed by atoms with Crippen molar-refractivity contribution >= 4 is 11.6 Å². The van der Waals surface area contributed by atoms with Crippen molar-refractivity contribution in [1.82, 2.24) is 9.97 Å². The highest BCUT2D eigenvalue weighted by molar-refractivity contribution is 5.92. The summed E-state index contributed by atoms with van der Waals surface area (Å²) >= 11 is 0. The first-order valence-corrected chi connectivity index (χ1v) is 6.25. The van der Waals surface area contributed by atoms with Gasteiger partial charge < -0.3 is 10.3 Å². The molecule has 1 heterocycles. The average molecular weight is 291 g/mol. The lowest BCUT2D eigenvalue weighted by Gasteiger charge is -2.07. The Labute approximate surface area is 119 Å². The Balaban J connectivity index is 2.17. The Hall–Kier alpha value is -2.70. The number of aryl methyl sites for hydroxylation is 2. The Morgan fingerprint density at radius 1 is 1.24 bits per heavy atom. The Bertz CT molecular complexity index is 808. The van der Waals surface area contributed by atoms with E-state index >= 15 is 0 Å². The molecule has 1 aromatic heterocycles. The number of hydrogen-bond donors (Lipinski definition) is 3. The van der Waals surface area contributed by atoms with E-state index in [4.69, 9.17) is 0 Å². The highest BCUT2D eigenvalue weighted by Crippen LogP contribution is 2.13. The first kappa shape index (κ1) is 14.7. The minimum absolute atomic E-state index is 0.166. The Morgan fingerprint density at radius 2 is 1.95 bits per heavy atom. The summed E-state index contributed by atoms with van der Waals surface area (Å²) in [5.41, 5.74) is 0.0416. The van der Waals surface area contributed by atoms with Crippen molar-refractivity contribution in [3.8, 4) is 0 Å². The SMILES string of the molecule is Cc1ccc(NC(=O)Cc2c(C)[nH]c(=O)[nH]c2=O)cc1F. The third-order valence-corrected chi connectivity index (χ3v) is 3.05. The van der Waals surface area contributed by atoms with Gasteiger partial charge in [-0.25, -0.2) is 9.18 Å². The summed E-state index contributed by atoms with van der Waals surface area (Å²) in [4.78, 5) is 39.1. The minimum Gasteiger partial charge on any atom is -0.326 e. The monoisotopic (exact) mass is 291 g/mol. The molecule has 2 aromatic rings. The summed E-state index contributed by atoms with van der Waals surface area (Å²) in [6.45, 7) is 3.15. The van der Waals surface area contributed by atoms with Gasteiger partial charge in [0.15, 0.2) is 0 Å². The van der Waals surface area contributed by atoms with E-state index in [1.165, 1.54) is 13.0 Å². The third kappa shape index (κ3) is 3.44. The predicted molar refractivity (Wildman–Crippen MR) is 75.9 cm³/mol. The van der Waals surface area contributed by atoms with E-state index in [1.54, 1.807) is 19.1 Å². The lowest BCUT2D eigenvalue weighted by atomic mass is 10.1. The molecule has 3 N–H and O–H groups in total. The molecular formula is C14H14FN3O3. The summed E-state index contributed by atoms with van der Waals surface area (Å²) in [6, 6.07) is 4.32. The number of aromatic amines is 2. The Kier molecular flexibility index (Phi) is 4.02. The van der Waals surface area contributed by atoms with Crippen LogP contribution in [0.2, 0.25) is 0 Å². The number of carbonyl (C=O) groups is 1. The van der Waals surface area contributed by atoms with Crippen LogP contribution in [0.25, 0.3) is 0 Å². The van der Waals surface area contributed by atoms with Crippen LogP contribution in [0.1, 0.15) is 16.8 Å². The number of hydrogen-bond acceptors (Lipinski definition) is 3. The van der Waals surface area contributed by atoms with Crippen LogP contribution in [-0.4, -0.2) is 15.9 Å². The summed E-state index contributed by atoms with van der Waals surface area (Å²) < 4.78 is 13.4. The predicted octanol–water partition coefficient (Wildman–Crippen LogP) is 1.00. The van der Waals surface area contributed by atoms with Crippen LogP contribution in [0.3, 0.4) is 0 Å². The first-order valence-electron chi connectivity index (χ1n) is 6.25. The van der Waals surface area contributed by atoms with Crippen LogP contribution < -0.4 is 16.6 Å². The maximum Gasteiger partial charge on any atom is 0.325 e. The Morgan fingerprint density at radius 3 is 2.57 bits per heavy atom. The van der Waals surface area contributed by atoms with E-state index < -0.39 is 23.0 Å². The van der Waals surface area contributed by atoms with Crippen molar-refractivity contribution in [3.05, 3.63) is 61.7 Å². The van der Waals surface area contributed by atoms with E-state index in [-0.39, 0.29) is 12.0 Å². The molecule has 110 valence electrons. The van der Waals surface area contributed by atoms with Gasteiger partial charge in [0.2, 0.25) is 5.91 Å². The van der Waals surface area contributed by atoms with Gasteiger partial charge in [-0.3, -0.25) is 14.6 Å². The van der Waals surface area contributed by atoms with Gasteiger partial charge in [-0.1, -0.05) is 6.07 Å². The van der Waals surface area contributed by atoms with E-state index in [1.807, 2.05) is 0 Å². The number of halogens is 1. The topological polar surface area (TPSA) is 94.8 Å². The number of aromatic nitrogens is 2. The summed E-state index contributed by atoms with van der Waals surface area (Å²) in [7, 11) is 0. The molecule has 0 aliphatic heterocycles. The maximum atomic E-state index is 13.4. The minimum atomic E-state index is -0.623. The smallest absolute Gasteiger partial charge is 0.325 e. The van der Waals surface area contributed by atoms with E-state index in [0.717, 1.165) is 0 Å². The molecule has 7 heteroatoms. The second kappa shape index (κ2) is 5.74. The molecule has 1 amide bonds. The van der Waals surface area contributed by atoms with E-state index in [0.29, 0.717) is 16.9 Å². The molecule has 0 atom stereocenters. The molecule has 6 nitrogen and oxygen atoms in total. The molecule has 0 unspecified atom stereocenters. The molecule has 1 aromatic carbocycles. The highest BCUT2D eigenvalue weighted by atomic mass is 19.1. The van der Waals surface area contributed by atoms with Crippen LogP contribution in [0.15, 0.2) is 27.8 Å². The van der Waals surface area contributed by atoms with Gasteiger partial charge in [0, 0.05) is 16.9 Å². The van der Waals surface area contributed by atoms with Crippen molar-refractivity contribution in [2.75, 3.05) is 5.32 Å². The quantitative estimate of drug-likeness (QED) is 0.787. The largest absolute Gasteiger partial charge is 0.326 e. The lowest BCUT2D eigenvalue weighted by molar-refractivity contribution is -0.115. The van der Waals surface area contributed by atoms with Gasteiger partial charge in [-0.05, 0) is 31.5 Å². The molecule has 0 spiro atoms. The molecule has 0 aliphatic carbocycles. The van der Waals surface area contributed by atoms with Crippen LogP contribution >= 0.6 is 0 Å². The van der Waals surface area contributed by atoms with Crippen molar-refractivity contribution in [1.29, 1.82) is 0 Å². The number of nitrogens with one attached hydrogen (secondary N) is 3. The zero-order valence-corrected chi connectivity index (χ0v) is 11.5. The molecule has 0 saturated carbocycles. The van der Waals surface area contributed by atoms with Gasteiger partial charge in [0.1, 0.15) is 5.82 Å². The van der Waals surface area contributed by atoms with Crippen molar-refractivity contribution < 1.29 is 9.18 Å². The van der Waals surface area contributed by atoms with Gasteiger partial charge in [0.25, 0.3) is 5.56 Å². The number of anilines is 1. The van der Waals surface area contributed by atoms with Gasteiger partial charge in [-0.2, -0.15) is 0 Å². The standard InChI is InChI=1S/C14H14FN3O3/c1-7-3-4-9(5-11(7)15)17-12(19)6-10-8(2)16-14(21)18-13(10)20/h3-5H,6H2,1-2H3,(H,17,19)(H2,16,18,20,21). The third-order valence-electron chi connectivity index (χ3n) is 3.05. The molecule has 0 fully saturated rings. The van der Waals surface area contributed by atoms with Crippen LogP contribution in [-0.2, 0) is 11.2 Å². The molecule has 0 aliphatic rings. The van der Waals surface area contributed by atoms with Crippen LogP contribution in [0.4, 0.5) is 10.1 Å². The maximum absolute atomic E-state index is 13.4. The van der Waals surface area contributed by atoms with Crippen LogP contribution in [0, 0.1) is 19.7 Å². The van der Waals surface area contributed by atoms with Crippen molar-refractivity contribution in [2.24, 2.45) is 0 Å². The number of carbonyl (C=O) groups excluding carboxylic acids is 1. The normalized spacial score (nSPS) is 10.4. The second-order valence-electron chi connectivity index (χ2n) is 4.70. The summed E-state index contributed by atoms with van der Waals surface area (Å²) in [5, 5.41) is 2.50. The van der Waals surface area contributed by atoms with Crippen LogP contribution in [0.5, 0.6) is 0 Å². The summed E-state index contributed by atoms with van der Waals surface area (Å²) in [6.07, 6.45) is -0.215. The average Bonchev–Trinajstić information content (AvgIpc) is 2.38. The summed E-state index contributed by atoms with van der Waals surface area (Å²) in [5.74, 6) is -0.898. The molecule has 0 radical (unpaired) electrons. The molecule has 21 heavy (non-hydrogen) atoms. The molecule has 0 bridgehead atoms. The highest BCUT2D eigenvalue weighted by Gasteiger charge is 2.12. The molecule has 2 rings (SSSR count). The van der Waals surface area contributed by atoms with Crippen molar-refractivity contribution in [3.63, 3.8) is 0 Å².